The van der Waals surface area contributed by atoms with E-state index in [1.165, 1.54) is 6.33 Å². The summed E-state index contributed by atoms with van der Waals surface area (Å²) in [5.41, 5.74) is 1.64. The lowest BCUT2D eigenvalue weighted by Gasteiger charge is -2.03. The summed E-state index contributed by atoms with van der Waals surface area (Å²) >= 11 is 0. The highest BCUT2D eigenvalue weighted by molar-refractivity contribution is 5.46. The topological polar surface area (TPSA) is 64.7 Å². The van der Waals surface area contributed by atoms with Crippen LogP contribution in [0.5, 0.6) is 0 Å². The number of rotatable bonds is 2. The van der Waals surface area contributed by atoms with Crippen molar-refractivity contribution in [3.63, 3.8) is 0 Å². The van der Waals surface area contributed by atoms with Crippen LogP contribution in [0.1, 0.15) is 31.4 Å². The minimum atomic E-state index is 0.357. The van der Waals surface area contributed by atoms with E-state index in [0.717, 1.165) is 5.69 Å². The van der Waals surface area contributed by atoms with E-state index in [1.54, 1.807) is 6.92 Å². The van der Waals surface area contributed by atoms with Crippen LogP contribution in [0.25, 0.3) is 11.6 Å². The summed E-state index contributed by atoms with van der Waals surface area (Å²) in [4.78, 5) is 8.27. The van der Waals surface area contributed by atoms with E-state index in [1.807, 2.05) is 6.07 Å². The Morgan fingerprint density at radius 3 is 2.60 bits per heavy atom. The largest absolute Gasteiger partial charge is 0.420 e. The second kappa shape index (κ2) is 3.76. The number of aryl methyl sites for hydroxylation is 1. The number of aromatic nitrogens is 4. The Labute approximate surface area is 87.6 Å². The van der Waals surface area contributed by atoms with Crippen molar-refractivity contribution in [3.8, 4) is 11.6 Å². The maximum absolute atomic E-state index is 5.29. The summed E-state index contributed by atoms with van der Waals surface area (Å²) in [6.07, 6.45) is 1.52. The molecular formula is C10H12N4O. The number of hydrogen-bond acceptors (Lipinski definition) is 5. The van der Waals surface area contributed by atoms with E-state index in [0.29, 0.717) is 23.4 Å². The van der Waals surface area contributed by atoms with Gasteiger partial charge in [0.25, 0.3) is 5.89 Å². The predicted molar refractivity (Wildman–Crippen MR) is 54.2 cm³/mol. The van der Waals surface area contributed by atoms with Gasteiger partial charge in [0.1, 0.15) is 12.0 Å². The number of hydrogen-bond donors (Lipinski definition) is 0. The highest BCUT2D eigenvalue weighted by Crippen LogP contribution is 2.18. The lowest BCUT2D eigenvalue weighted by molar-refractivity contribution is 0.530. The van der Waals surface area contributed by atoms with Crippen molar-refractivity contribution in [2.45, 2.75) is 26.7 Å². The molecule has 0 fully saturated rings. The molecule has 0 aliphatic rings. The minimum absolute atomic E-state index is 0.357. The summed E-state index contributed by atoms with van der Waals surface area (Å²) in [6.45, 7) is 5.90. The van der Waals surface area contributed by atoms with Gasteiger partial charge < -0.3 is 4.42 Å². The molecule has 2 aromatic rings. The van der Waals surface area contributed by atoms with Gasteiger partial charge in [0.15, 0.2) is 0 Å². The van der Waals surface area contributed by atoms with Crippen molar-refractivity contribution in [1.29, 1.82) is 0 Å². The summed E-state index contributed by atoms with van der Waals surface area (Å²) < 4.78 is 5.29. The fourth-order valence-corrected chi connectivity index (χ4v) is 1.21. The zero-order valence-electron chi connectivity index (χ0n) is 8.93. The van der Waals surface area contributed by atoms with Crippen molar-refractivity contribution in [2.24, 2.45) is 0 Å². The first-order chi connectivity index (χ1) is 7.16. The Kier molecular flexibility index (Phi) is 2.45. The van der Waals surface area contributed by atoms with Crippen LogP contribution in [0.4, 0.5) is 0 Å². The van der Waals surface area contributed by atoms with Crippen molar-refractivity contribution in [2.75, 3.05) is 0 Å². The van der Waals surface area contributed by atoms with Crippen LogP contribution in [0.3, 0.4) is 0 Å². The van der Waals surface area contributed by atoms with E-state index >= 15 is 0 Å². The Morgan fingerprint density at radius 2 is 2.00 bits per heavy atom. The molecule has 0 saturated carbocycles. The molecule has 0 bridgehead atoms. The lowest BCUT2D eigenvalue weighted by Crippen LogP contribution is -1.95. The van der Waals surface area contributed by atoms with Crippen LogP contribution in [-0.4, -0.2) is 20.2 Å². The fraction of sp³-hybridized carbons (Fsp3) is 0.400. The maximum Gasteiger partial charge on any atom is 0.266 e. The zero-order chi connectivity index (χ0) is 10.8. The quantitative estimate of drug-likeness (QED) is 0.748. The third-order valence-electron chi connectivity index (χ3n) is 2.02. The molecule has 2 heterocycles. The molecule has 2 rings (SSSR count). The van der Waals surface area contributed by atoms with Gasteiger partial charge in [0.05, 0.1) is 0 Å². The van der Waals surface area contributed by atoms with E-state index in [4.69, 9.17) is 4.42 Å². The van der Waals surface area contributed by atoms with Gasteiger partial charge in [-0.2, -0.15) is 0 Å². The van der Waals surface area contributed by atoms with Gasteiger partial charge in [-0.1, -0.05) is 13.8 Å². The Hall–Kier alpha value is -1.78. The van der Waals surface area contributed by atoms with Crippen molar-refractivity contribution in [3.05, 3.63) is 24.0 Å². The van der Waals surface area contributed by atoms with Crippen molar-refractivity contribution in [1.82, 2.24) is 20.2 Å². The summed E-state index contributed by atoms with van der Waals surface area (Å²) in [5.74, 6) is 1.34. The van der Waals surface area contributed by atoms with Crippen molar-refractivity contribution < 1.29 is 4.42 Å². The molecule has 0 saturated heterocycles. The molecule has 0 aliphatic heterocycles. The Bertz CT molecular complexity index is 464. The maximum atomic E-state index is 5.29. The molecule has 2 aromatic heterocycles. The monoisotopic (exact) mass is 204 g/mol. The smallest absolute Gasteiger partial charge is 0.266 e. The average Bonchev–Trinajstić information content (AvgIpc) is 2.65. The molecule has 0 N–H and O–H groups in total. The van der Waals surface area contributed by atoms with Crippen LogP contribution in [0.15, 0.2) is 16.8 Å². The SMILES string of the molecule is Cc1nnc(-c2cc(C(C)C)ncn2)o1. The van der Waals surface area contributed by atoms with Crippen LogP contribution in [0, 0.1) is 6.92 Å². The van der Waals surface area contributed by atoms with Crippen LogP contribution in [0.2, 0.25) is 0 Å². The molecule has 0 unspecified atom stereocenters. The van der Waals surface area contributed by atoms with Crippen LogP contribution < -0.4 is 0 Å². The molecule has 5 heteroatoms. The van der Waals surface area contributed by atoms with Crippen molar-refractivity contribution >= 4 is 0 Å². The first-order valence-corrected chi connectivity index (χ1v) is 4.79. The van der Waals surface area contributed by atoms with Gasteiger partial charge in [-0.15, -0.1) is 10.2 Å². The molecule has 15 heavy (non-hydrogen) atoms. The molecule has 0 amide bonds. The van der Waals surface area contributed by atoms with E-state index in [9.17, 15) is 0 Å². The highest BCUT2D eigenvalue weighted by Gasteiger charge is 2.09. The first-order valence-electron chi connectivity index (χ1n) is 4.79. The molecule has 0 aliphatic carbocycles. The van der Waals surface area contributed by atoms with Gasteiger partial charge in [0.2, 0.25) is 5.89 Å². The molecule has 0 atom stereocenters. The summed E-state index contributed by atoms with van der Waals surface area (Å²) in [5, 5.41) is 7.67. The van der Waals surface area contributed by atoms with Gasteiger partial charge >= 0.3 is 0 Å². The second-order valence-corrected chi connectivity index (χ2v) is 3.61. The van der Waals surface area contributed by atoms with Gasteiger partial charge in [0, 0.05) is 12.6 Å². The predicted octanol–water partition coefficient (Wildman–Crippen LogP) is 1.96. The number of nitrogens with zero attached hydrogens (tertiary/aromatic N) is 4. The van der Waals surface area contributed by atoms with Gasteiger partial charge in [-0.3, -0.25) is 0 Å². The molecule has 78 valence electrons. The third-order valence-corrected chi connectivity index (χ3v) is 2.02. The van der Waals surface area contributed by atoms with E-state index in [2.05, 4.69) is 34.0 Å². The third kappa shape index (κ3) is 2.01. The van der Waals surface area contributed by atoms with Gasteiger partial charge in [-0.05, 0) is 12.0 Å². The normalized spacial score (nSPS) is 10.9. The average molecular weight is 204 g/mol. The molecule has 0 spiro atoms. The molecular weight excluding hydrogens is 192 g/mol. The first kappa shape index (κ1) is 9.76. The van der Waals surface area contributed by atoms with Gasteiger partial charge in [-0.25, -0.2) is 9.97 Å². The Morgan fingerprint density at radius 1 is 1.20 bits per heavy atom. The van der Waals surface area contributed by atoms with E-state index < -0.39 is 0 Å². The second-order valence-electron chi connectivity index (χ2n) is 3.61. The lowest BCUT2D eigenvalue weighted by atomic mass is 10.1. The highest BCUT2D eigenvalue weighted by atomic mass is 16.4. The summed E-state index contributed by atoms with van der Waals surface area (Å²) in [6, 6.07) is 1.87. The van der Waals surface area contributed by atoms with Crippen LogP contribution in [-0.2, 0) is 0 Å². The molecule has 0 aromatic carbocycles. The van der Waals surface area contributed by atoms with Crippen LogP contribution >= 0.6 is 0 Å². The fourth-order valence-electron chi connectivity index (χ4n) is 1.21. The molecule has 0 radical (unpaired) electrons. The standard InChI is InChI=1S/C10H12N4O/c1-6(2)8-4-9(12-5-11-8)10-14-13-7(3)15-10/h4-6H,1-3H3. The Balaban J connectivity index is 2.41. The van der Waals surface area contributed by atoms with E-state index in [-0.39, 0.29) is 0 Å². The summed E-state index contributed by atoms with van der Waals surface area (Å²) in [7, 11) is 0. The minimum Gasteiger partial charge on any atom is -0.420 e. The zero-order valence-corrected chi connectivity index (χ0v) is 8.93. The molecule has 5 nitrogen and oxygen atoms in total.